The molecule has 2 aliphatic heterocycles. The zero-order valence-electron chi connectivity index (χ0n) is 17.7. The second-order valence-electron chi connectivity index (χ2n) is 7.66. The minimum Gasteiger partial charge on any atom is -0.497 e. The lowest BCUT2D eigenvalue weighted by Crippen LogP contribution is -2.53. The number of ether oxygens (including phenoxy) is 2. The summed E-state index contributed by atoms with van der Waals surface area (Å²) < 4.78 is 10.4. The Balaban J connectivity index is 1.34. The van der Waals surface area contributed by atoms with Crippen LogP contribution in [0.1, 0.15) is 29.6 Å². The number of nitrogens with zero attached hydrogens (tertiary/aromatic N) is 3. The van der Waals surface area contributed by atoms with E-state index in [1.165, 1.54) is 0 Å². The number of ketones is 1. The molecule has 0 unspecified atom stereocenters. The van der Waals surface area contributed by atoms with Gasteiger partial charge in [0.2, 0.25) is 11.8 Å². The van der Waals surface area contributed by atoms with Crippen molar-refractivity contribution in [2.75, 3.05) is 66.1 Å². The number of hydrogen-bond acceptors (Lipinski definition) is 6. The largest absolute Gasteiger partial charge is 0.497 e. The van der Waals surface area contributed by atoms with Gasteiger partial charge in [-0.25, -0.2) is 0 Å². The van der Waals surface area contributed by atoms with Crippen LogP contribution >= 0.6 is 0 Å². The summed E-state index contributed by atoms with van der Waals surface area (Å²) in [7, 11) is 1.59. The summed E-state index contributed by atoms with van der Waals surface area (Å²) in [6.07, 6.45) is 1.22. The van der Waals surface area contributed by atoms with E-state index in [4.69, 9.17) is 9.47 Å². The molecule has 0 radical (unpaired) electrons. The van der Waals surface area contributed by atoms with Gasteiger partial charge in [0.25, 0.3) is 0 Å². The first-order valence-electron chi connectivity index (χ1n) is 10.6. The molecule has 1 aromatic carbocycles. The number of rotatable bonds is 8. The fourth-order valence-electron chi connectivity index (χ4n) is 3.74. The van der Waals surface area contributed by atoms with Crippen LogP contribution in [-0.2, 0) is 14.3 Å². The molecule has 1 aromatic rings. The molecule has 0 saturated carbocycles. The van der Waals surface area contributed by atoms with E-state index < -0.39 is 0 Å². The Morgan fingerprint density at radius 1 is 0.867 bits per heavy atom. The molecule has 0 aromatic heterocycles. The fraction of sp³-hybridized carbons (Fsp3) is 0.591. The predicted molar refractivity (Wildman–Crippen MR) is 112 cm³/mol. The molecule has 8 heteroatoms. The first-order valence-corrected chi connectivity index (χ1v) is 10.6. The molecular formula is C22H31N3O5. The maximum atomic E-state index is 12.5. The Labute approximate surface area is 177 Å². The van der Waals surface area contributed by atoms with Gasteiger partial charge >= 0.3 is 0 Å². The molecule has 0 aliphatic carbocycles. The van der Waals surface area contributed by atoms with Crippen molar-refractivity contribution in [3.63, 3.8) is 0 Å². The number of methoxy groups -OCH3 is 1. The van der Waals surface area contributed by atoms with E-state index in [0.717, 1.165) is 13.1 Å². The summed E-state index contributed by atoms with van der Waals surface area (Å²) in [5, 5.41) is 0. The lowest BCUT2D eigenvalue weighted by Gasteiger charge is -2.36. The molecule has 0 atom stereocenters. The van der Waals surface area contributed by atoms with Gasteiger partial charge in [-0.2, -0.15) is 0 Å². The van der Waals surface area contributed by atoms with Crippen LogP contribution in [0, 0.1) is 0 Å². The minimum absolute atomic E-state index is 0.0315. The number of morpholine rings is 1. The van der Waals surface area contributed by atoms with Crippen molar-refractivity contribution >= 4 is 17.6 Å². The number of Topliss-reactive ketones (excluding diaryl/α,β-unsaturated/α-hetero) is 1. The van der Waals surface area contributed by atoms with Gasteiger partial charge in [0.05, 0.1) is 26.9 Å². The molecule has 2 heterocycles. The summed E-state index contributed by atoms with van der Waals surface area (Å²) in [4.78, 5) is 42.9. The molecule has 0 spiro atoms. The number of carbonyl (C=O) groups excluding carboxylic acids is 3. The Hall–Kier alpha value is -2.45. The summed E-state index contributed by atoms with van der Waals surface area (Å²) in [5.41, 5.74) is 0.635. The molecule has 8 nitrogen and oxygen atoms in total. The third-order valence-corrected chi connectivity index (χ3v) is 5.65. The van der Waals surface area contributed by atoms with Crippen molar-refractivity contribution in [2.45, 2.75) is 19.3 Å². The van der Waals surface area contributed by atoms with Gasteiger partial charge in [0, 0.05) is 57.7 Å². The van der Waals surface area contributed by atoms with Gasteiger partial charge in [0.1, 0.15) is 5.75 Å². The molecule has 2 aliphatic rings. The van der Waals surface area contributed by atoms with Crippen LogP contribution in [0.4, 0.5) is 0 Å². The number of hydrogen-bond donors (Lipinski definition) is 0. The first-order chi connectivity index (χ1) is 14.6. The molecule has 0 N–H and O–H groups in total. The Kier molecular flexibility index (Phi) is 8.21. The van der Waals surface area contributed by atoms with E-state index in [-0.39, 0.29) is 17.6 Å². The maximum Gasteiger partial charge on any atom is 0.236 e. The molecule has 2 fully saturated rings. The smallest absolute Gasteiger partial charge is 0.236 e. The average molecular weight is 418 g/mol. The highest BCUT2D eigenvalue weighted by Crippen LogP contribution is 2.14. The Bertz CT molecular complexity index is 723. The maximum absolute atomic E-state index is 12.5. The van der Waals surface area contributed by atoms with Crippen LogP contribution in [0.2, 0.25) is 0 Å². The number of benzene rings is 1. The van der Waals surface area contributed by atoms with Gasteiger partial charge in [-0.05, 0) is 30.7 Å². The lowest BCUT2D eigenvalue weighted by molar-refractivity contribution is -0.140. The summed E-state index contributed by atoms with van der Waals surface area (Å²) in [6.45, 7) is 5.61. The zero-order valence-corrected chi connectivity index (χ0v) is 17.7. The predicted octanol–water partition coefficient (Wildman–Crippen LogP) is 1.05. The Morgan fingerprint density at radius 3 is 2.07 bits per heavy atom. The van der Waals surface area contributed by atoms with Crippen LogP contribution < -0.4 is 4.74 Å². The minimum atomic E-state index is 0.0315. The van der Waals surface area contributed by atoms with Crippen LogP contribution in [0.15, 0.2) is 24.3 Å². The second-order valence-corrected chi connectivity index (χ2v) is 7.66. The molecule has 2 saturated heterocycles. The molecule has 164 valence electrons. The summed E-state index contributed by atoms with van der Waals surface area (Å²) in [5.74, 6) is 0.917. The van der Waals surface area contributed by atoms with Crippen molar-refractivity contribution in [2.24, 2.45) is 0 Å². The molecular weight excluding hydrogens is 386 g/mol. The number of amides is 2. The van der Waals surface area contributed by atoms with Gasteiger partial charge in [-0.15, -0.1) is 0 Å². The number of piperazine rings is 1. The van der Waals surface area contributed by atoms with Crippen molar-refractivity contribution in [1.29, 1.82) is 0 Å². The second kappa shape index (κ2) is 11.1. The van der Waals surface area contributed by atoms with Crippen molar-refractivity contribution in [3.05, 3.63) is 29.8 Å². The van der Waals surface area contributed by atoms with Crippen molar-refractivity contribution < 1.29 is 23.9 Å². The standard InChI is InChI=1S/C22H31N3O5/c1-29-19-7-5-18(6-8-19)20(26)3-2-4-21(27)24-9-11-25(12-10-24)22(28)17-23-13-15-30-16-14-23/h5-8H,2-4,9-17H2,1H3. The van der Waals surface area contributed by atoms with E-state index in [1.54, 1.807) is 36.3 Å². The monoisotopic (exact) mass is 417 g/mol. The fourth-order valence-corrected chi connectivity index (χ4v) is 3.74. The van der Waals surface area contributed by atoms with Gasteiger partial charge in [-0.3, -0.25) is 19.3 Å². The normalized spacial score (nSPS) is 17.6. The zero-order chi connectivity index (χ0) is 21.3. The highest BCUT2D eigenvalue weighted by molar-refractivity contribution is 5.96. The first kappa shape index (κ1) is 22.2. The SMILES string of the molecule is COc1ccc(C(=O)CCCC(=O)N2CCN(C(=O)CN3CCOCC3)CC2)cc1. The molecule has 30 heavy (non-hydrogen) atoms. The van der Waals surface area contributed by atoms with Crippen molar-refractivity contribution in [1.82, 2.24) is 14.7 Å². The highest BCUT2D eigenvalue weighted by Gasteiger charge is 2.25. The van der Waals surface area contributed by atoms with E-state index in [0.29, 0.717) is 76.5 Å². The third-order valence-electron chi connectivity index (χ3n) is 5.65. The Morgan fingerprint density at radius 2 is 1.47 bits per heavy atom. The van der Waals surface area contributed by atoms with Crippen LogP contribution in [0.25, 0.3) is 0 Å². The summed E-state index contributed by atoms with van der Waals surface area (Å²) in [6, 6.07) is 7.02. The third kappa shape index (κ3) is 6.27. The topological polar surface area (TPSA) is 79.4 Å². The average Bonchev–Trinajstić information content (AvgIpc) is 2.79. The highest BCUT2D eigenvalue weighted by atomic mass is 16.5. The quantitative estimate of drug-likeness (QED) is 0.589. The van der Waals surface area contributed by atoms with E-state index >= 15 is 0 Å². The lowest BCUT2D eigenvalue weighted by atomic mass is 10.0. The molecule has 0 bridgehead atoms. The van der Waals surface area contributed by atoms with Crippen LogP contribution in [-0.4, -0.2) is 98.4 Å². The van der Waals surface area contributed by atoms with Crippen molar-refractivity contribution in [3.8, 4) is 5.75 Å². The van der Waals surface area contributed by atoms with E-state index in [1.807, 2.05) is 4.90 Å². The van der Waals surface area contributed by atoms with Gasteiger partial charge in [0.15, 0.2) is 5.78 Å². The van der Waals surface area contributed by atoms with Gasteiger partial charge < -0.3 is 19.3 Å². The van der Waals surface area contributed by atoms with Crippen LogP contribution in [0.5, 0.6) is 5.75 Å². The molecule has 2 amide bonds. The number of carbonyl (C=O) groups is 3. The van der Waals surface area contributed by atoms with E-state index in [9.17, 15) is 14.4 Å². The van der Waals surface area contributed by atoms with Gasteiger partial charge in [-0.1, -0.05) is 0 Å². The summed E-state index contributed by atoms with van der Waals surface area (Å²) >= 11 is 0. The molecule has 3 rings (SSSR count). The van der Waals surface area contributed by atoms with E-state index in [2.05, 4.69) is 4.90 Å². The van der Waals surface area contributed by atoms with Crippen LogP contribution in [0.3, 0.4) is 0 Å².